The quantitative estimate of drug-likeness (QED) is 0.386. The van der Waals surface area contributed by atoms with E-state index in [4.69, 9.17) is 14.0 Å². The van der Waals surface area contributed by atoms with Gasteiger partial charge in [0.1, 0.15) is 17.1 Å². The van der Waals surface area contributed by atoms with E-state index in [-0.39, 0.29) is 30.1 Å². The lowest BCUT2D eigenvalue weighted by Gasteiger charge is -2.18. The van der Waals surface area contributed by atoms with Crippen molar-refractivity contribution in [2.24, 2.45) is 0 Å². The zero-order chi connectivity index (χ0) is 25.1. The summed E-state index contributed by atoms with van der Waals surface area (Å²) < 4.78 is 15.7. The number of anilines is 1. The third-order valence-electron chi connectivity index (χ3n) is 5.49. The van der Waals surface area contributed by atoms with E-state index in [9.17, 15) is 19.2 Å². The summed E-state index contributed by atoms with van der Waals surface area (Å²) in [6.07, 6.45) is -0.880. The Morgan fingerprint density at radius 3 is 2.34 bits per heavy atom. The predicted molar refractivity (Wildman–Crippen MR) is 123 cm³/mol. The molecule has 3 amide bonds. The van der Waals surface area contributed by atoms with Gasteiger partial charge in [0.15, 0.2) is 11.9 Å². The molecule has 10 nitrogen and oxygen atoms in total. The number of carbonyl (C=O) groups excluding carboxylic acids is 4. The van der Waals surface area contributed by atoms with Crippen LogP contribution in [-0.2, 0) is 16.1 Å². The monoisotopic (exact) mass is 477 g/mol. The molecule has 0 saturated carbocycles. The van der Waals surface area contributed by atoms with Gasteiger partial charge in [-0.05, 0) is 43.2 Å². The highest BCUT2D eigenvalue weighted by atomic mass is 16.6. The molecule has 4 rings (SSSR count). The standard InChI is InChI=1S/C25H23N3O7/c1-4-19(22(29)26-21-11-14(2)35-27-21)34-25(32)18-12-15(9-10-20(18)33-3)13-28-23(30)16-7-5-6-8-17(16)24(28)31/h5-12,19H,4,13H2,1-3H3,(H,26,27,29). The second-order valence-corrected chi connectivity index (χ2v) is 7.89. The van der Waals surface area contributed by atoms with Gasteiger partial charge in [-0.3, -0.25) is 19.3 Å². The average Bonchev–Trinajstić information content (AvgIpc) is 3.38. The van der Waals surface area contributed by atoms with Crippen molar-refractivity contribution in [3.8, 4) is 5.75 Å². The van der Waals surface area contributed by atoms with Crippen LogP contribution < -0.4 is 10.1 Å². The number of aryl methyl sites for hydroxylation is 1. The molecule has 10 heteroatoms. The van der Waals surface area contributed by atoms with Gasteiger partial charge in [-0.15, -0.1) is 0 Å². The molecular formula is C25H23N3O7. The van der Waals surface area contributed by atoms with Crippen LogP contribution in [0.25, 0.3) is 0 Å². The fraction of sp³-hybridized carbons (Fsp3) is 0.240. The van der Waals surface area contributed by atoms with Crippen molar-refractivity contribution in [1.29, 1.82) is 0 Å². The Morgan fingerprint density at radius 2 is 1.77 bits per heavy atom. The Bertz CT molecular complexity index is 1280. The third-order valence-corrected chi connectivity index (χ3v) is 5.49. The van der Waals surface area contributed by atoms with Crippen LogP contribution in [0.3, 0.4) is 0 Å². The van der Waals surface area contributed by atoms with Crippen LogP contribution in [-0.4, -0.2) is 47.0 Å². The first kappa shape index (κ1) is 23.7. The summed E-state index contributed by atoms with van der Waals surface area (Å²) in [7, 11) is 1.40. The van der Waals surface area contributed by atoms with E-state index in [1.807, 2.05) is 0 Å². The maximum atomic E-state index is 13.0. The molecular weight excluding hydrogens is 454 g/mol. The lowest BCUT2D eigenvalue weighted by molar-refractivity contribution is -0.124. The molecule has 2 heterocycles. The van der Waals surface area contributed by atoms with Gasteiger partial charge in [-0.1, -0.05) is 30.3 Å². The van der Waals surface area contributed by atoms with Crippen LogP contribution in [0.2, 0.25) is 0 Å². The number of amides is 3. The van der Waals surface area contributed by atoms with Crippen LogP contribution in [0, 0.1) is 6.92 Å². The summed E-state index contributed by atoms with van der Waals surface area (Å²) in [5.41, 5.74) is 1.25. The number of nitrogens with one attached hydrogen (secondary N) is 1. The summed E-state index contributed by atoms with van der Waals surface area (Å²) in [6, 6.07) is 12.8. The molecule has 3 aromatic rings. The molecule has 2 aromatic carbocycles. The molecule has 0 bridgehead atoms. The zero-order valence-corrected chi connectivity index (χ0v) is 19.4. The van der Waals surface area contributed by atoms with Gasteiger partial charge in [0.25, 0.3) is 17.7 Å². The first-order chi connectivity index (χ1) is 16.8. The second kappa shape index (κ2) is 9.80. The molecule has 1 atom stereocenters. The van der Waals surface area contributed by atoms with Crippen molar-refractivity contribution >= 4 is 29.5 Å². The molecule has 0 saturated heterocycles. The number of methoxy groups -OCH3 is 1. The van der Waals surface area contributed by atoms with Crippen LogP contribution >= 0.6 is 0 Å². The third kappa shape index (κ3) is 4.77. The first-order valence-corrected chi connectivity index (χ1v) is 10.9. The van der Waals surface area contributed by atoms with E-state index in [0.717, 1.165) is 4.90 Å². The minimum absolute atomic E-state index is 0.0418. The maximum Gasteiger partial charge on any atom is 0.342 e. The van der Waals surface area contributed by atoms with Crippen molar-refractivity contribution in [3.63, 3.8) is 0 Å². The van der Waals surface area contributed by atoms with Crippen molar-refractivity contribution in [1.82, 2.24) is 10.1 Å². The summed E-state index contributed by atoms with van der Waals surface area (Å²) in [6.45, 7) is 3.34. The SMILES string of the molecule is CCC(OC(=O)c1cc(CN2C(=O)c3ccccc3C2=O)ccc1OC)C(=O)Nc1cc(C)on1. The minimum Gasteiger partial charge on any atom is -0.496 e. The van der Waals surface area contributed by atoms with Gasteiger partial charge in [-0.25, -0.2) is 4.79 Å². The van der Waals surface area contributed by atoms with Crippen LogP contribution in [0.4, 0.5) is 5.82 Å². The van der Waals surface area contributed by atoms with Gasteiger partial charge in [0, 0.05) is 6.07 Å². The molecule has 1 aromatic heterocycles. The van der Waals surface area contributed by atoms with Gasteiger partial charge in [0.05, 0.1) is 24.8 Å². The number of benzene rings is 2. The Labute approximate surface area is 200 Å². The number of esters is 1. The van der Waals surface area contributed by atoms with E-state index < -0.39 is 29.8 Å². The summed E-state index contributed by atoms with van der Waals surface area (Å²) in [5, 5.41) is 6.24. The first-order valence-electron chi connectivity index (χ1n) is 10.9. The number of nitrogens with zero attached hydrogens (tertiary/aromatic N) is 2. The number of ether oxygens (including phenoxy) is 2. The highest BCUT2D eigenvalue weighted by Crippen LogP contribution is 2.27. The number of carbonyl (C=O) groups is 4. The van der Waals surface area contributed by atoms with Crippen LogP contribution in [0.5, 0.6) is 5.75 Å². The summed E-state index contributed by atoms with van der Waals surface area (Å²) >= 11 is 0. The number of rotatable bonds is 8. The highest BCUT2D eigenvalue weighted by molar-refractivity contribution is 6.21. The maximum absolute atomic E-state index is 13.0. The molecule has 1 unspecified atom stereocenters. The van der Waals surface area contributed by atoms with Crippen molar-refractivity contribution in [2.45, 2.75) is 32.9 Å². The molecule has 1 aliphatic heterocycles. The lowest BCUT2D eigenvalue weighted by atomic mass is 10.1. The van der Waals surface area contributed by atoms with Gasteiger partial charge in [0.2, 0.25) is 0 Å². The minimum atomic E-state index is -1.09. The van der Waals surface area contributed by atoms with Crippen LogP contribution in [0.1, 0.15) is 55.7 Å². The van der Waals surface area contributed by atoms with Gasteiger partial charge < -0.3 is 19.3 Å². The Balaban J connectivity index is 1.51. The van der Waals surface area contributed by atoms with Crippen LogP contribution in [0.15, 0.2) is 53.1 Å². The number of aromatic nitrogens is 1. The molecule has 0 aliphatic carbocycles. The fourth-order valence-electron chi connectivity index (χ4n) is 3.73. The largest absolute Gasteiger partial charge is 0.496 e. The predicted octanol–water partition coefficient (Wildman–Crippen LogP) is 3.36. The van der Waals surface area contributed by atoms with E-state index in [2.05, 4.69) is 10.5 Å². The fourth-order valence-corrected chi connectivity index (χ4v) is 3.73. The Hall–Kier alpha value is -4.47. The van der Waals surface area contributed by atoms with E-state index in [0.29, 0.717) is 22.5 Å². The number of fused-ring (bicyclic) bond motifs is 1. The summed E-state index contributed by atoms with van der Waals surface area (Å²) in [5.74, 6) is -1.21. The zero-order valence-electron chi connectivity index (χ0n) is 19.4. The number of hydrogen-bond acceptors (Lipinski definition) is 8. The highest BCUT2D eigenvalue weighted by Gasteiger charge is 2.35. The smallest absolute Gasteiger partial charge is 0.342 e. The van der Waals surface area contributed by atoms with Crippen molar-refractivity contribution < 1.29 is 33.2 Å². The lowest BCUT2D eigenvalue weighted by Crippen LogP contribution is -2.32. The molecule has 0 radical (unpaired) electrons. The van der Waals surface area contributed by atoms with Gasteiger partial charge in [-0.2, -0.15) is 0 Å². The molecule has 1 N–H and O–H groups in total. The number of hydrogen-bond donors (Lipinski definition) is 1. The van der Waals surface area contributed by atoms with Crippen molar-refractivity contribution in [2.75, 3.05) is 12.4 Å². The molecule has 180 valence electrons. The average molecular weight is 477 g/mol. The molecule has 35 heavy (non-hydrogen) atoms. The van der Waals surface area contributed by atoms with E-state index in [1.165, 1.54) is 19.2 Å². The molecule has 1 aliphatic rings. The van der Waals surface area contributed by atoms with Crippen molar-refractivity contribution in [3.05, 3.63) is 76.5 Å². The number of imide groups is 1. The van der Waals surface area contributed by atoms with Gasteiger partial charge >= 0.3 is 5.97 Å². The molecule has 0 spiro atoms. The second-order valence-electron chi connectivity index (χ2n) is 7.89. The summed E-state index contributed by atoms with van der Waals surface area (Å²) in [4.78, 5) is 52.1. The normalized spacial score (nSPS) is 13.4. The Morgan fingerprint density at radius 1 is 1.09 bits per heavy atom. The van der Waals surface area contributed by atoms with E-state index in [1.54, 1.807) is 50.2 Å². The molecule has 0 fully saturated rings. The Kier molecular flexibility index (Phi) is 6.63. The topological polar surface area (TPSA) is 128 Å². The van der Waals surface area contributed by atoms with E-state index >= 15 is 0 Å².